The summed E-state index contributed by atoms with van der Waals surface area (Å²) in [7, 11) is 0. The Balaban J connectivity index is 1.49. The summed E-state index contributed by atoms with van der Waals surface area (Å²) in [6.45, 7) is 4.05. The van der Waals surface area contributed by atoms with E-state index in [0.717, 1.165) is 39.6 Å². The van der Waals surface area contributed by atoms with E-state index >= 15 is 8.78 Å². The second-order valence-corrected chi connectivity index (χ2v) is 12.4. The van der Waals surface area contributed by atoms with Crippen LogP contribution in [0.1, 0.15) is 11.1 Å². The van der Waals surface area contributed by atoms with Crippen molar-refractivity contribution in [1.82, 2.24) is 0 Å². The third kappa shape index (κ3) is 4.49. The molecule has 2 heterocycles. The fourth-order valence-corrected chi connectivity index (χ4v) is 7.44. The Morgan fingerprint density at radius 2 is 0.680 bits per heavy atom. The molecule has 242 valence electrons. The van der Waals surface area contributed by atoms with Crippen LogP contribution >= 0.6 is 0 Å². The predicted octanol–water partition coefficient (Wildman–Crippen LogP) is 13.1. The third-order valence-corrected chi connectivity index (χ3v) is 9.53. The lowest BCUT2D eigenvalue weighted by Crippen LogP contribution is -2.22. The number of nitrogens with zero attached hydrogens (tertiary/aromatic N) is 2. The Morgan fingerprint density at radius 1 is 0.380 bits per heavy atom. The lowest BCUT2D eigenvalue weighted by atomic mass is 9.85. The van der Waals surface area contributed by atoms with E-state index in [-0.39, 0.29) is 11.6 Å². The molecule has 0 radical (unpaired) electrons. The zero-order valence-corrected chi connectivity index (χ0v) is 27.3. The minimum atomic E-state index is -0.385. The van der Waals surface area contributed by atoms with E-state index in [0.29, 0.717) is 50.9 Å². The SMILES string of the molecule is Cc1c(-c2ccccc2F)c(N2c3ccccc3Oc3ccccc32)c(-c2ccccc2F)c(C)c1N1c2ccccc2Oc2ccccc21. The summed E-state index contributed by atoms with van der Waals surface area (Å²) < 4.78 is 45.6. The first-order chi connectivity index (χ1) is 24.5. The summed E-state index contributed by atoms with van der Waals surface area (Å²) in [6, 6.07) is 44.9. The number of rotatable bonds is 4. The number of fused-ring (bicyclic) bond motifs is 4. The molecule has 0 amide bonds. The number of anilines is 6. The molecule has 0 N–H and O–H groups in total. The first kappa shape index (κ1) is 29.7. The summed E-state index contributed by atoms with van der Waals surface area (Å²) in [4.78, 5) is 4.27. The maximum atomic E-state index is 16.4. The van der Waals surface area contributed by atoms with Crippen LogP contribution in [0, 0.1) is 25.5 Å². The second-order valence-electron chi connectivity index (χ2n) is 12.4. The van der Waals surface area contributed by atoms with Crippen molar-refractivity contribution in [2.75, 3.05) is 9.80 Å². The summed E-state index contributed by atoms with van der Waals surface area (Å²) in [5, 5.41) is 0. The number of benzene rings is 7. The molecule has 0 atom stereocenters. The van der Waals surface area contributed by atoms with E-state index in [1.807, 2.05) is 123 Å². The summed E-state index contributed by atoms with van der Waals surface area (Å²) in [5.41, 5.74) is 8.32. The van der Waals surface area contributed by atoms with Gasteiger partial charge in [0.1, 0.15) is 11.6 Å². The van der Waals surface area contributed by atoms with Crippen molar-refractivity contribution in [3.8, 4) is 45.3 Å². The van der Waals surface area contributed by atoms with Crippen LogP contribution in [0.3, 0.4) is 0 Å². The molecule has 7 aromatic rings. The molecular weight excluding hydrogens is 626 g/mol. The molecule has 6 heteroatoms. The first-order valence-electron chi connectivity index (χ1n) is 16.5. The van der Waals surface area contributed by atoms with Gasteiger partial charge < -0.3 is 19.3 Å². The fraction of sp³-hybridized carbons (Fsp3) is 0.0455. The van der Waals surface area contributed by atoms with Crippen molar-refractivity contribution in [2.24, 2.45) is 0 Å². The molecule has 0 saturated carbocycles. The van der Waals surface area contributed by atoms with Gasteiger partial charge in [-0.15, -0.1) is 0 Å². The highest BCUT2D eigenvalue weighted by atomic mass is 19.1. The van der Waals surface area contributed by atoms with Gasteiger partial charge >= 0.3 is 0 Å². The first-order valence-corrected chi connectivity index (χ1v) is 16.5. The average Bonchev–Trinajstić information content (AvgIpc) is 3.14. The minimum absolute atomic E-state index is 0.385. The zero-order chi connectivity index (χ0) is 33.9. The number of hydrogen-bond acceptors (Lipinski definition) is 4. The van der Waals surface area contributed by atoms with Gasteiger partial charge in [0.2, 0.25) is 0 Å². The maximum absolute atomic E-state index is 16.4. The van der Waals surface area contributed by atoms with Crippen molar-refractivity contribution in [2.45, 2.75) is 13.8 Å². The third-order valence-electron chi connectivity index (χ3n) is 9.53. The molecule has 7 aromatic carbocycles. The van der Waals surface area contributed by atoms with E-state index in [2.05, 4.69) is 9.80 Å². The summed E-state index contributed by atoms with van der Waals surface area (Å²) in [6.07, 6.45) is 0. The molecule has 2 aliphatic rings. The number of hydrogen-bond donors (Lipinski definition) is 0. The molecule has 0 unspecified atom stereocenters. The van der Waals surface area contributed by atoms with E-state index < -0.39 is 0 Å². The van der Waals surface area contributed by atoms with Crippen molar-refractivity contribution in [3.63, 3.8) is 0 Å². The lowest BCUT2D eigenvalue weighted by Gasteiger charge is -2.40. The topological polar surface area (TPSA) is 24.9 Å². The van der Waals surface area contributed by atoms with Crippen molar-refractivity contribution < 1.29 is 18.3 Å². The molecule has 0 aliphatic carbocycles. The van der Waals surface area contributed by atoms with Crippen LogP contribution < -0.4 is 19.3 Å². The van der Waals surface area contributed by atoms with Gasteiger partial charge in [0, 0.05) is 22.3 Å². The zero-order valence-electron chi connectivity index (χ0n) is 27.3. The molecule has 4 nitrogen and oxygen atoms in total. The van der Waals surface area contributed by atoms with E-state index in [1.54, 1.807) is 24.3 Å². The normalized spacial score (nSPS) is 12.6. The highest BCUT2D eigenvalue weighted by Crippen LogP contribution is 2.60. The van der Waals surface area contributed by atoms with E-state index in [9.17, 15) is 0 Å². The van der Waals surface area contributed by atoms with Crippen molar-refractivity contribution in [3.05, 3.63) is 168 Å². The van der Waals surface area contributed by atoms with Gasteiger partial charge in [-0.1, -0.05) is 84.9 Å². The number of para-hydroxylation sites is 8. The molecule has 0 aromatic heterocycles. The van der Waals surface area contributed by atoms with E-state index in [1.165, 1.54) is 12.1 Å². The summed E-state index contributed by atoms with van der Waals surface area (Å²) in [5.74, 6) is 1.88. The number of ether oxygens (including phenoxy) is 2. The quantitative estimate of drug-likeness (QED) is 0.188. The highest BCUT2D eigenvalue weighted by molar-refractivity contribution is 6.07. The molecule has 0 bridgehead atoms. The van der Waals surface area contributed by atoms with Gasteiger partial charge in [0.15, 0.2) is 23.0 Å². The lowest BCUT2D eigenvalue weighted by molar-refractivity contribution is 0.476. The van der Waals surface area contributed by atoms with Gasteiger partial charge in [-0.3, -0.25) is 0 Å². The Labute approximate surface area is 289 Å². The molecule has 0 fully saturated rings. The van der Waals surface area contributed by atoms with Crippen LogP contribution in [-0.2, 0) is 0 Å². The Morgan fingerprint density at radius 3 is 1.04 bits per heavy atom. The maximum Gasteiger partial charge on any atom is 0.151 e. The molecule has 9 rings (SSSR count). The Bertz CT molecular complexity index is 2310. The van der Waals surface area contributed by atoms with Gasteiger partial charge in [0.25, 0.3) is 0 Å². The Hall–Kier alpha value is -6.40. The molecular formula is C44H30F2N2O2. The van der Waals surface area contributed by atoms with Crippen LogP contribution in [0.5, 0.6) is 23.0 Å². The second kappa shape index (κ2) is 11.6. The monoisotopic (exact) mass is 656 g/mol. The van der Waals surface area contributed by atoms with Crippen LogP contribution in [0.25, 0.3) is 22.3 Å². The van der Waals surface area contributed by atoms with Gasteiger partial charge in [-0.2, -0.15) is 0 Å². The predicted molar refractivity (Wildman–Crippen MR) is 196 cm³/mol. The van der Waals surface area contributed by atoms with Crippen LogP contribution in [0.2, 0.25) is 0 Å². The van der Waals surface area contributed by atoms with Gasteiger partial charge in [0.05, 0.1) is 34.1 Å². The molecule has 0 saturated heterocycles. The molecule has 0 spiro atoms. The average molecular weight is 657 g/mol. The molecule has 2 aliphatic heterocycles. The number of halogens is 2. The Kier molecular flexibility index (Phi) is 6.92. The van der Waals surface area contributed by atoms with Crippen molar-refractivity contribution in [1.29, 1.82) is 0 Å². The largest absolute Gasteiger partial charge is 0.453 e. The molecule has 50 heavy (non-hydrogen) atoms. The van der Waals surface area contributed by atoms with Crippen LogP contribution in [-0.4, -0.2) is 0 Å². The smallest absolute Gasteiger partial charge is 0.151 e. The van der Waals surface area contributed by atoms with E-state index in [4.69, 9.17) is 9.47 Å². The van der Waals surface area contributed by atoms with Crippen LogP contribution in [0.15, 0.2) is 146 Å². The standard InChI is InChI=1S/C44H30F2N2O2/c1-27-41(29-15-3-5-17-31(29)45)44(48-35-21-9-13-25-39(35)50-40-26-14-10-22-36(40)48)42(30-16-4-6-18-32(30)46)28(2)43(27)47-33-19-7-11-23-37(33)49-38-24-12-8-20-34(38)47/h3-26H,1-2H3. The van der Waals surface area contributed by atoms with Gasteiger partial charge in [-0.25, -0.2) is 8.78 Å². The van der Waals surface area contributed by atoms with Gasteiger partial charge in [-0.05, 0) is 85.6 Å². The fourth-order valence-electron chi connectivity index (χ4n) is 7.44. The highest BCUT2D eigenvalue weighted by Gasteiger charge is 2.36. The van der Waals surface area contributed by atoms with Crippen molar-refractivity contribution >= 4 is 34.1 Å². The van der Waals surface area contributed by atoms with Crippen LogP contribution in [0.4, 0.5) is 42.9 Å². The minimum Gasteiger partial charge on any atom is -0.453 e. The summed E-state index contributed by atoms with van der Waals surface area (Å²) >= 11 is 0.